The predicted octanol–water partition coefficient (Wildman–Crippen LogP) is 2.78. The largest absolute Gasteiger partial charge is 0.861 e. The highest BCUT2D eigenvalue weighted by molar-refractivity contribution is 7.90. The second-order valence-corrected chi connectivity index (χ2v) is 6.99. The first-order valence-corrected chi connectivity index (χ1v) is 8.93. The van der Waals surface area contributed by atoms with Gasteiger partial charge in [-0.15, -0.1) is 0 Å². The van der Waals surface area contributed by atoms with Gasteiger partial charge in [-0.3, -0.25) is 0 Å². The summed E-state index contributed by atoms with van der Waals surface area (Å²) in [5.41, 5.74) is 2.26. The first-order chi connectivity index (χ1) is 11.9. The number of nitrogens with zero attached hydrogens (tertiary/aromatic N) is 2. The smallest absolute Gasteiger partial charge is 0.281 e. The van der Waals surface area contributed by atoms with E-state index in [0.717, 1.165) is 12.5 Å². The van der Waals surface area contributed by atoms with Crippen LogP contribution in [0.4, 0.5) is 0 Å². The summed E-state index contributed by atoms with van der Waals surface area (Å²) in [5, 5.41) is 11.0. The molecule has 0 amide bonds. The maximum Gasteiger partial charge on any atom is 0.281 e. The van der Waals surface area contributed by atoms with Crippen molar-refractivity contribution >= 4 is 15.9 Å². The number of benzene rings is 2. The van der Waals surface area contributed by atoms with E-state index in [-0.39, 0.29) is 4.90 Å². The molecule has 1 aromatic heterocycles. The molecule has 0 aliphatic carbocycles. The van der Waals surface area contributed by atoms with Crippen LogP contribution in [0.25, 0.3) is 22.6 Å². The Labute approximate surface area is 145 Å². The number of hydrogen-bond acceptors (Lipinski definition) is 5. The van der Waals surface area contributed by atoms with Crippen LogP contribution < -0.4 is 5.11 Å². The Balaban J connectivity index is 2.04. The van der Waals surface area contributed by atoms with Gasteiger partial charge in [0.25, 0.3) is 10.0 Å². The molecule has 0 N–H and O–H groups in total. The molecule has 2 aromatic carbocycles. The van der Waals surface area contributed by atoms with E-state index in [1.165, 1.54) is 12.1 Å². The molecule has 0 unspecified atom stereocenters. The third-order valence-electron chi connectivity index (χ3n) is 3.44. The number of aromatic nitrogens is 1. The molecule has 7 heteroatoms. The van der Waals surface area contributed by atoms with Crippen LogP contribution in [0.5, 0.6) is 0 Å². The second kappa shape index (κ2) is 6.52. The third-order valence-corrected chi connectivity index (χ3v) is 4.81. The monoisotopic (exact) mass is 355 g/mol. The molecule has 0 aliphatic heterocycles. The fourth-order valence-corrected chi connectivity index (χ4v) is 3.34. The van der Waals surface area contributed by atoms with Crippen LogP contribution >= 0.6 is 0 Å². The van der Waals surface area contributed by atoms with Crippen molar-refractivity contribution in [3.05, 3.63) is 60.5 Å². The highest BCUT2D eigenvalue weighted by Gasteiger charge is 2.17. The van der Waals surface area contributed by atoms with Crippen molar-refractivity contribution in [2.24, 2.45) is 4.40 Å². The number of rotatable bonds is 4. The molecular formula is C18H15N2O4S-. The Hall–Kier alpha value is -2.93. The van der Waals surface area contributed by atoms with Gasteiger partial charge in [0, 0.05) is 18.1 Å². The molecule has 0 fully saturated rings. The fourth-order valence-electron chi connectivity index (χ4n) is 2.41. The average Bonchev–Trinajstić information content (AvgIpc) is 2.96. The summed E-state index contributed by atoms with van der Waals surface area (Å²) in [6.07, 6.45) is 0. The SMILES string of the molecule is C/C([O-])=N/S(=O)(=O)c1ccc(-c2oc(C)nc2-c2ccccc2)cc1. The lowest BCUT2D eigenvalue weighted by atomic mass is 10.1. The molecule has 1 heterocycles. The molecule has 128 valence electrons. The Morgan fingerprint density at radius 3 is 2.28 bits per heavy atom. The quantitative estimate of drug-likeness (QED) is 0.530. The lowest BCUT2D eigenvalue weighted by Crippen LogP contribution is -2.14. The van der Waals surface area contributed by atoms with Crippen molar-refractivity contribution in [1.82, 2.24) is 4.98 Å². The fraction of sp³-hybridized carbons (Fsp3) is 0.111. The maximum atomic E-state index is 12.0. The molecule has 0 bridgehead atoms. The Morgan fingerprint density at radius 2 is 1.68 bits per heavy atom. The molecule has 0 radical (unpaired) electrons. The van der Waals surface area contributed by atoms with Gasteiger partial charge in [-0.25, -0.2) is 4.98 Å². The minimum absolute atomic E-state index is 0.0519. The lowest BCUT2D eigenvalue weighted by Gasteiger charge is -2.05. The second-order valence-electron chi connectivity index (χ2n) is 5.39. The van der Waals surface area contributed by atoms with Gasteiger partial charge < -0.3 is 9.52 Å². The lowest BCUT2D eigenvalue weighted by molar-refractivity contribution is -0.215. The number of aryl methyl sites for hydroxylation is 1. The van der Waals surface area contributed by atoms with Gasteiger partial charge in [0.05, 0.1) is 4.90 Å². The van der Waals surface area contributed by atoms with E-state index < -0.39 is 15.9 Å². The van der Waals surface area contributed by atoms with E-state index in [2.05, 4.69) is 9.38 Å². The van der Waals surface area contributed by atoms with Crippen molar-refractivity contribution in [2.45, 2.75) is 18.7 Å². The standard InChI is InChI=1S/C18H16N2O4S/c1-12(21)20-25(22,23)16-10-8-15(9-11-16)18-17(19-13(2)24-18)14-6-4-3-5-7-14/h3-11H,1-2H3,(H,20,21)/p-1. The maximum absolute atomic E-state index is 12.0. The predicted molar refractivity (Wildman–Crippen MR) is 92.4 cm³/mol. The van der Waals surface area contributed by atoms with Crippen LogP contribution in [0.2, 0.25) is 0 Å². The first-order valence-electron chi connectivity index (χ1n) is 7.49. The number of sulfonamides is 1. The van der Waals surface area contributed by atoms with Crippen molar-refractivity contribution in [1.29, 1.82) is 0 Å². The van der Waals surface area contributed by atoms with Crippen LogP contribution in [0.1, 0.15) is 12.8 Å². The van der Waals surface area contributed by atoms with E-state index in [1.54, 1.807) is 19.1 Å². The zero-order valence-corrected chi connectivity index (χ0v) is 14.4. The van der Waals surface area contributed by atoms with Crippen molar-refractivity contribution < 1.29 is 17.9 Å². The number of hydrogen-bond donors (Lipinski definition) is 0. The van der Waals surface area contributed by atoms with Gasteiger partial charge in [0.1, 0.15) is 5.69 Å². The molecule has 0 saturated carbocycles. The molecule has 3 rings (SSSR count). The van der Waals surface area contributed by atoms with Gasteiger partial charge >= 0.3 is 0 Å². The summed E-state index contributed by atoms with van der Waals surface area (Å²) in [6, 6.07) is 15.6. The van der Waals surface area contributed by atoms with Crippen LogP contribution in [0, 0.1) is 6.92 Å². The van der Waals surface area contributed by atoms with Gasteiger partial charge in [-0.1, -0.05) is 30.3 Å². The minimum Gasteiger partial charge on any atom is -0.861 e. The molecule has 6 nitrogen and oxygen atoms in total. The minimum atomic E-state index is -3.99. The topological polar surface area (TPSA) is 95.6 Å². The van der Waals surface area contributed by atoms with Crippen molar-refractivity contribution in [2.75, 3.05) is 0 Å². The number of oxazole rings is 1. The molecule has 0 aliphatic rings. The molecule has 0 spiro atoms. The summed E-state index contributed by atoms with van der Waals surface area (Å²) in [6.45, 7) is 2.84. The summed E-state index contributed by atoms with van der Waals surface area (Å²) in [7, 11) is -3.99. The van der Waals surface area contributed by atoms with E-state index in [1.807, 2.05) is 30.3 Å². The van der Waals surface area contributed by atoms with E-state index in [0.29, 0.717) is 22.9 Å². The van der Waals surface area contributed by atoms with Crippen LogP contribution in [-0.4, -0.2) is 19.3 Å². The van der Waals surface area contributed by atoms with Gasteiger partial charge in [0.15, 0.2) is 11.7 Å². The normalized spacial score (nSPS) is 12.3. The Bertz CT molecular complexity index is 1020. The van der Waals surface area contributed by atoms with Crippen molar-refractivity contribution in [3.63, 3.8) is 0 Å². The van der Waals surface area contributed by atoms with E-state index >= 15 is 0 Å². The molecule has 0 saturated heterocycles. The Morgan fingerprint density at radius 1 is 1.04 bits per heavy atom. The molecule has 0 atom stereocenters. The van der Waals surface area contributed by atoms with Crippen LogP contribution in [-0.2, 0) is 10.0 Å². The van der Waals surface area contributed by atoms with Crippen LogP contribution in [0.15, 0.2) is 68.3 Å². The van der Waals surface area contributed by atoms with Gasteiger partial charge in [0.2, 0.25) is 0 Å². The summed E-state index contributed by atoms with van der Waals surface area (Å²) >= 11 is 0. The van der Waals surface area contributed by atoms with Crippen LogP contribution in [0.3, 0.4) is 0 Å². The summed E-state index contributed by atoms with van der Waals surface area (Å²) in [4.78, 5) is 4.37. The first kappa shape index (κ1) is 16.9. The highest BCUT2D eigenvalue weighted by atomic mass is 32.2. The average molecular weight is 355 g/mol. The molecular weight excluding hydrogens is 340 g/mol. The van der Waals surface area contributed by atoms with Crippen molar-refractivity contribution in [3.8, 4) is 22.6 Å². The molecule has 25 heavy (non-hydrogen) atoms. The molecule has 3 aromatic rings. The highest BCUT2D eigenvalue weighted by Crippen LogP contribution is 2.33. The zero-order valence-electron chi connectivity index (χ0n) is 13.6. The Kier molecular flexibility index (Phi) is 4.41. The summed E-state index contributed by atoms with van der Waals surface area (Å²) < 4.78 is 32.8. The van der Waals surface area contributed by atoms with E-state index in [4.69, 9.17) is 4.42 Å². The zero-order chi connectivity index (χ0) is 18.0. The van der Waals surface area contributed by atoms with Gasteiger partial charge in [-0.2, -0.15) is 12.8 Å². The summed E-state index contributed by atoms with van der Waals surface area (Å²) in [5.74, 6) is 0.301. The third kappa shape index (κ3) is 3.61. The van der Waals surface area contributed by atoms with E-state index in [9.17, 15) is 13.5 Å². The van der Waals surface area contributed by atoms with Gasteiger partial charge in [-0.05, 0) is 37.1 Å².